The number of ether oxygens (including phenoxy) is 1. The number of nitrogens with one attached hydrogen (secondary N) is 2. The molecule has 0 spiro atoms. The number of imide groups is 1. The maximum absolute atomic E-state index is 13.1. The second-order valence-corrected chi connectivity index (χ2v) is 16.9. The van der Waals surface area contributed by atoms with Gasteiger partial charge >= 0.3 is 0 Å². The summed E-state index contributed by atoms with van der Waals surface area (Å²) in [5.74, 6) is 0.512. The van der Waals surface area contributed by atoms with Crippen LogP contribution >= 0.6 is 0 Å². The predicted octanol–water partition coefficient (Wildman–Crippen LogP) is 5.04. The van der Waals surface area contributed by atoms with Gasteiger partial charge in [-0.05, 0) is 88.0 Å². The molecule has 3 aromatic heterocycles. The van der Waals surface area contributed by atoms with Crippen molar-refractivity contribution in [3.8, 4) is 0 Å². The smallest absolute Gasteiger partial charge is 0.270 e. The Hall–Kier alpha value is -5.12. The van der Waals surface area contributed by atoms with Crippen LogP contribution in [0.2, 0.25) is 0 Å². The van der Waals surface area contributed by atoms with Crippen molar-refractivity contribution in [2.24, 2.45) is 0 Å². The molecule has 2 N–H and O–H groups in total. The van der Waals surface area contributed by atoms with Gasteiger partial charge in [0.2, 0.25) is 17.8 Å². The number of amides is 3. The van der Waals surface area contributed by atoms with Crippen molar-refractivity contribution in [1.82, 2.24) is 39.5 Å². The van der Waals surface area contributed by atoms with Crippen molar-refractivity contribution in [2.45, 2.75) is 76.3 Å². The Morgan fingerprint density at radius 3 is 2.33 bits per heavy atom. The van der Waals surface area contributed by atoms with Gasteiger partial charge in [-0.1, -0.05) is 25.0 Å². The molecule has 60 heavy (non-hydrogen) atoms. The average Bonchev–Trinajstić information content (AvgIpc) is 3.94. The Kier molecular flexibility index (Phi) is 13.2. The van der Waals surface area contributed by atoms with Crippen LogP contribution in [0.4, 0.5) is 23.1 Å². The molecule has 320 valence electrons. The highest BCUT2D eigenvalue weighted by Crippen LogP contribution is 2.35. The van der Waals surface area contributed by atoms with E-state index in [1.807, 2.05) is 30.5 Å². The fourth-order valence-corrected chi connectivity index (χ4v) is 9.48. The molecular formula is C45H61N11O4. The van der Waals surface area contributed by atoms with Crippen LogP contribution in [-0.4, -0.2) is 144 Å². The summed E-state index contributed by atoms with van der Waals surface area (Å²) in [6.07, 6.45) is 11.5. The zero-order chi connectivity index (χ0) is 41.6. The van der Waals surface area contributed by atoms with Gasteiger partial charge in [-0.15, -0.1) is 0 Å². The number of hydrogen-bond acceptors (Lipinski definition) is 12. The van der Waals surface area contributed by atoms with Crippen LogP contribution in [0.1, 0.15) is 86.3 Å². The summed E-state index contributed by atoms with van der Waals surface area (Å²) in [7, 11) is 3.58. The van der Waals surface area contributed by atoms with E-state index in [-0.39, 0.29) is 29.7 Å². The summed E-state index contributed by atoms with van der Waals surface area (Å²) in [4.78, 5) is 62.7. The number of carbonyl (C=O) groups excluding carboxylic acids is 3. The molecule has 1 saturated carbocycles. The van der Waals surface area contributed by atoms with Gasteiger partial charge in [0.05, 0.1) is 31.0 Å². The number of carbonyl (C=O) groups is 3. The van der Waals surface area contributed by atoms with Crippen molar-refractivity contribution in [1.29, 1.82) is 0 Å². The van der Waals surface area contributed by atoms with Crippen molar-refractivity contribution in [3.63, 3.8) is 0 Å². The largest absolute Gasteiger partial charge is 0.378 e. The average molecular weight is 820 g/mol. The number of benzene rings is 1. The van der Waals surface area contributed by atoms with Crippen LogP contribution < -0.4 is 20.4 Å². The van der Waals surface area contributed by atoms with Crippen LogP contribution in [0.5, 0.6) is 0 Å². The number of rotatable bonds is 15. The van der Waals surface area contributed by atoms with Crippen LogP contribution in [0.3, 0.4) is 0 Å². The first kappa shape index (κ1) is 41.6. The van der Waals surface area contributed by atoms with Gasteiger partial charge in [0, 0.05) is 95.7 Å². The van der Waals surface area contributed by atoms with E-state index >= 15 is 0 Å². The second kappa shape index (κ2) is 19.1. The molecule has 15 heteroatoms. The molecule has 4 aliphatic rings. The number of fused-ring (bicyclic) bond motifs is 1. The molecule has 3 saturated heterocycles. The third-order valence-corrected chi connectivity index (χ3v) is 13.0. The van der Waals surface area contributed by atoms with Crippen LogP contribution in [-0.2, 0) is 14.3 Å². The lowest BCUT2D eigenvalue weighted by Crippen LogP contribution is -2.53. The van der Waals surface area contributed by atoms with Gasteiger partial charge in [0.1, 0.15) is 17.2 Å². The number of piperidine rings is 2. The van der Waals surface area contributed by atoms with E-state index in [2.05, 4.69) is 64.9 Å². The topological polar surface area (TPSA) is 144 Å². The molecular weight excluding hydrogens is 759 g/mol. The second-order valence-electron chi connectivity index (χ2n) is 16.9. The van der Waals surface area contributed by atoms with Crippen molar-refractivity contribution in [2.75, 3.05) is 101 Å². The Labute approximate surface area is 353 Å². The first-order valence-electron chi connectivity index (χ1n) is 22.0. The molecule has 3 aliphatic heterocycles. The van der Waals surface area contributed by atoms with Crippen LogP contribution in [0.15, 0.2) is 54.9 Å². The number of anilines is 4. The normalized spacial score (nSPS) is 19.9. The molecule has 6 heterocycles. The molecule has 1 unspecified atom stereocenters. The number of likely N-dealkylation sites (tertiary alicyclic amines) is 1. The van der Waals surface area contributed by atoms with E-state index < -0.39 is 0 Å². The molecule has 0 bridgehead atoms. The van der Waals surface area contributed by atoms with E-state index in [0.717, 1.165) is 119 Å². The standard InChI is InChI=1S/C45H61N11O4/c1-4-53(34-11-9-32(10-12-34)38-14-16-41(57)49-43(38)58)26-28-60-27-25-52-19-17-35(18-20-52)54-21-23-55(24-22-54)37-13-15-40(46-31-37)48-45-47-30-33-29-39(44(59)51(2)3)56(42(33)50-45)36-7-5-6-8-36/h9-13,15,29-31,35-36,38H,4-8,14,16-28H2,1-3H3,(H,49,57,58)(H,46,47,48,50). The fraction of sp³-hybridized carbons (Fsp3) is 0.556. The minimum atomic E-state index is -0.258. The molecule has 0 radical (unpaired) electrons. The number of hydrogen-bond donors (Lipinski definition) is 2. The van der Waals surface area contributed by atoms with Gasteiger partial charge in [-0.25, -0.2) is 9.97 Å². The molecule has 4 fully saturated rings. The number of aromatic nitrogens is 4. The molecule has 8 rings (SSSR count). The summed E-state index contributed by atoms with van der Waals surface area (Å²) < 4.78 is 8.24. The molecule has 4 aromatic rings. The van der Waals surface area contributed by atoms with Crippen LogP contribution in [0.25, 0.3) is 11.0 Å². The minimum Gasteiger partial charge on any atom is -0.378 e. The summed E-state index contributed by atoms with van der Waals surface area (Å²) in [6, 6.07) is 15.1. The monoisotopic (exact) mass is 819 g/mol. The van der Waals surface area contributed by atoms with Gasteiger partial charge in [0.25, 0.3) is 5.91 Å². The number of likely N-dealkylation sites (N-methyl/N-ethyl adjacent to an activating group) is 1. The highest BCUT2D eigenvalue weighted by atomic mass is 16.5. The Morgan fingerprint density at radius 2 is 1.65 bits per heavy atom. The number of pyridine rings is 1. The highest BCUT2D eigenvalue weighted by Gasteiger charge is 2.30. The lowest BCUT2D eigenvalue weighted by molar-refractivity contribution is -0.134. The third-order valence-electron chi connectivity index (χ3n) is 13.0. The van der Waals surface area contributed by atoms with Gasteiger partial charge in [0.15, 0.2) is 0 Å². The molecule has 1 aliphatic carbocycles. The third kappa shape index (κ3) is 9.58. The molecule has 1 aromatic carbocycles. The zero-order valence-electron chi connectivity index (χ0n) is 35.5. The fourth-order valence-electron chi connectivity index (χ4n) is 9.48. The van der Waals surface area contributed by atoms with Crippen LogP contribution in [0, 0.1) is 0 Å². The molecule has 15 nitrogen and oxygen atoms in total. The van der Waals surface area contributed by atoms with E-state index in [0.29, 0.717) is 43.0 Å². The first-order chi connectivity index (χ1) is 29.2. The number of nitrogens with zero attached hydrogens (tertiary/aromatic N) is 9. The van der Waals surface area contributed by atoms with E-state index in [4.69, 9.17) is 14.7 Å². The quantitative estimate of drug-likeness (QED) is 0.123. The first-order valence-corrected chi connectivity index (χ1v) is 22.0. The predicted molar refractivity (Wildman–Crippen MR) is 234 cm³/mol. The Morgan fingerprint density at radius 1 is 0.883 bits per heavy atom. The van der Waals surface area contributed by atoms with Gasteiger partial charge < -0.3 is 34.2 Å². The lowest BCUT2D eigenvalue weighted by atomic mass is 9.90. The van der Waals surface area contributed by atoms with Gasteiger partial charge in [-0.3, -0.25) is 24.6 Å². The van der Waals surface area contributed by atoms with E-state index in [1.54, 1.807) is 25.2 Å². The van der Waals surface area contributed by atoms with Crippen molar-refractivity contribution < 1.29 is 19.1 Å². The lowest BCUT2D eigenvalue weighted by Gasteiger charge is -2.43. The minimum absolute atomic E-state index is 0.0151. The van der Waals surface area contributed by atoms with Crippen molar-refractivity contribution in [3.05, 3.63) is 66.1 Å². The Balaban J connectivity index is 0.742. The molecule has 3 amide bonds. The summed E-state index contributed by atoms with van der Waals surface area (Å²) in [5, 5.41) is 6.63. The maximum Gasteiger partial charge on any atom is 0.270 e. The summed E-state index contributed by atoms with van der Waals surface area (Å²) >= 11 is 0. The van der Waals surface area contributed by atoms with E-state index in [1.165, 1.54) is 12.8 Å². The SMILES string of the molecule is CCN(CCOCCN1CCC(N2CCN(c3ccc(Nc4ncc5cc(C(=O)N(C)C)n(C6CCCC6)c5n4)nc3)CC2)CC1)c1ccc(C2CCC(=O)NC2=O)cc1. The van der Waals surface area contributed by atoms with E-state index in [9.17, 15) is 14.4 Å². The number of piperazine rings is 1. The summed E-state index contributed by atoms with van der Waals surface area (Å²) in [5.41, 5.74) is 4.66. The highest BCUT2D eigenvalue weighted by molar-refractivity contribution is 6.01. The zero-order valence-corrected chi connectivity index (χ0v) is 35.5. The van der Waals surface area contributed by atoms with Crippen molar-refractivity contribution >= 4 is 51.9 Å². The summed E-state index contributed by atoms with van der Waals surface area (Å²) in [6.45, 7) is 12.4. The van der Waals surface area contributed by atoms with Gasteiger partial charge in [-0.2, -0.15) is 4.98 Å². The Bertz CT molecular complexity index is 2080. The maximum atomic E-state index is 13.1. The molecule has 1 atom stereocenters.